The first kappa shape index (κ1) is 24.0. The summed E-state index contributed by atoms with van der Waals surface area (Å²) >= 11 is 1.52. The number of hydrogen-bond donors (Lipinski definition) is 1. The predicted octanol–water partition coefficient (Wildman–Crippen LogP) is 4.78. The van der Waals surface area contributed by atoms with E-state index in [-0.39, 0.29) is 22.3 Å². The van der Waals surface area contributed by atoms with Crippen LogP contribution in [0.5, 0.6) is 11.5 Å². The van der Waals surface area contributed by atoms with Crippen molar-refractivity contribution in [3.05, 3.63) is 74.5 Å². The van der Waals surface area contributed by atoms with Crippen LogP contribution in [0.4, 0.5) is 0 Å². The highest BCUT2D eigenvalue weighted by Crippen LogP contribution is 2.32. The van der Waals surface area contributed by atoms with Crippen LogP contribution in [0.1, 0.15) is 49.6 Å². The van der Waals surface area contributed by atoms with E-state index < -0.39 is 10.1 Å². The van der Waals surface area contributed by atoms with E-state index in [0.29, 0.717) is 16.0 Å². The third-order valence-corrected chi connectivity index (χ3v) is 8.21. The number of nitrogens with zero attached hydrogens (tertiary/aromatic N) is 1. The van der Waals surface area contributed by atoms with E-state index in [4.69, 9.17) is 8.92 Å². The Hall–Kier alpha value is -3.17. The molecule has 1 amide bonds. The van der Waals surface area contributed by atoms with Crippen LogP contribution < -0.4 is 14.3 Å². The summed E-state index contributed by atoms with van der Waals surface area (Å²) in [5.74, 6) is 0.0473. The number of benzene rings is 2. The fourth-order valence-corrected chi connectivity index (χ4v) is 6.20. The van der Waals surface area contributed by atoms with Crippen LogP contribution >= 0.6 is 11.3 Å². The zero-order valence-corrected chi connectivity index (χ0v) is 20.9. The molecule has 7 nitrogen and oxygen atoms in total. The average Bonchev–Trinajstić information content (AvgIpc) is 3.25. The predicted molar refractivity (Wildman–Crippen MR) is 133 cm³/mol. The Morgan fingerprint density at radius 1 is 1.06 bits per heavy atom. The molecule has 0 unspecified atom stereocenters. The molecule has 34 heavy (non-hydrogen) atoms. The van der Waals surface area contributed by atoms with Crippen LogP contribution in [0.15, 0.2) is 52.5 Å². The number of amides is 1. The highest BCUT2D eigenvalue weighted by Gasteiger charge is 2.22. The van der Waals surface area contributed by atoms with Gasteiger partial charge in [0.05, 0.1) is 18.2 Å². The van der Waals surface area contributed by atoms with Crippen molar-refractivity contribution in [1.29, 1.82) is 0 Å². The van der Waals surface area contributed by atoms with E-state index in [1.54, 1.807) is 31.2 Å². The van der Waals surface area contributed by atoms with E-state index in [0.717, 1.165) is 24.8 Å². The molecule has 3 aromatic rings. The van der Waals surface area contributed by atoms with Crippen molar-refractivity contribution in [2.24, 2.45) is 5.10 Å². The molecule has 1 aromatic heterocycles. The van der Waals surface area contributed by atoms with Crippen molar-refractivity contribution in [1.82, 2.24) is 5.43 Å². The first-order chi connectivity index (χ1) is 16.3. The Labute approximate surface area is 203 Å². The summed E-state index contributed by atoms with van der Waals surface area (Å²) in [5, 5.41) is 4.04. The van der Waals surface area contributed by atoms with Crippen molar-refractivity contribution in [3.63, 3.8) is 0 Å². The van der Waals surface area contributed by atoms with Gasteiger partial charge in [-0.1, -0.05) is 12.1 Å². The van der Waals surface area contributed by atoms with Gasteiger partial charge in [0.1, 0.15) is 4.90 Å². The molecule has 0 atom stereocenters. The second-order valence-electron chi connectivity index (χ2n) is 8.18. The van der Waals surface area contributed by atoms with E-state index >= 15 is 0 Å². The van der Waals surface area contributed by atoms with Crippen LogP contribution in [0.2, 0.25) is 0 Å². The number of hydrazone groups is 1. The number of carbonyl (C=O) groups excluding carboxylic acids is 1. The van der Waals surface area contributed by atoms with Gasteiger partial charge < -0.3 is 8.92 Å². The van der Waals surface area contributed by atoms with Crippen molar-refractivity contribution in [2.45, 2.75) is 44.4 Å². The number of aryl methyl sites for hydroxylation is 4. The number of carbonyl (C=O) groups is 1. The molecular weight excluding hydrogens is 472 g/mol. The number of fused-ring (bicyclic) bond motifs is 1. The number of thiophene rings is 1. The number of hydrogen-bond acceptors (Lipinski definition) is 7. The summed E-state index contributed by atoms with van der Waals surface area (Å²) < 4.78 is 36.4. The molecule has 1 N–H and O–H groups in total. The van der Waals surface area contributed by atoms with E-state index in [1.807, 2.05) is 19.1 Å². The van der Waals surface area contributed by atoms with Gasteiger partial charge in [0.25, 0.3) is 5.91 Å². The molecule has 0 aliphatic heterocycles. The van der Waals surface area contributed by atoms with Gasteiger partial charge in [-0.25, -0.2) is 5.43 Å². The maximum Gasteiger partial charge on any atom is 0.339 e. The molecule has 0 fully saturated rings. The minimum Gasteiger partial charge on any atom is -0.493 e. The maximum absolute atomic E-state index is 12.8. The standard InChI is InChI=1S/C25H26N2O5S2/c1-16-8-9-17(2)24(12-16)34(29,30)32-20-11-10-18(13-21(20)31-3)15-26-27-25(28)23-14-19-6-4-5-7-22(19)33-23/h8-15H,4-7H2,1-3H3,(H,27,28)/b26-15+. The number of rotatable bonds is 7. The molecular formula is C25H26N2O5S2. The van der Waals surface area contributed by atoms with Crippen LogP contribution in [-0.4, -0.2) is 27.6 Å². The van der Waals surface area contributed by atoms with Gasteiger partial charge in [-0.3, -0.25) is 4.79 Å². The van der Waals surface area contributed by atoms with Gasteiger partial charge >= 0.3 is 10.1 Å². The lowest BCUT2D eigenvalue weighted by atomic mass is 9.99. The topological polar surface area (TPSA) is 94.1 Å². The molecule has 178 valence electrons. The minimum absolute atomic E-state index is 0.0637. The third-order valence-electron chi connectivity index (χ3n) is 5.60. The van der Waals surface area contributed by atoms with Gasteiger partial charge in [0, 0.05) is 4.88 Å². The smallest absolute Gasteiger partial charge is 0.339 e. The molecule has 2 aromatic carbocycles. The van der Waals surface area contributed by atoms with Crippen molar-refractivity contribution in [2.75, 3.05) is 7.11 Å². The van der Waals surface area contributed by atoms with E-state index in [2.05, 4.69) is 10.5 Å². The van der Waals surface area contributed by atoms with Gasteiger partial charge in [0.2, 0.25) is 0 Å². The first-order valence-corrected chi connectivity index (χ1v) is 13.1. The largest absolute Gasteiger partial charge is 0.493 e. The summed E-state index contributed by atoms with van der Waals surface area (Å²) in [6.45, 7) is 3.53. The lowest BCUT2D eigenvalue weighted by Gasteiger charge is -2.13. The Kier molecular flexibility index (Phi) is 7.04. The molecule has 1 aliphatic carbocycles. The van der Waals surface area contributed by atoms with Crippen LogP contribution in [0.3, 0.4) is 0 Å². The third kappa shape index (κ3) is 5.31. The molecule has 1 heterocycles. The minimum atomic E-state index is -4.04. The molecule has 0 bridgehead atoms. The maximum atomic E-state index is 12.8. The molecule has 0 radical (unpaired) electrons. The summed E-state index contributed by atoms with van der Waals surface area (Å²) in [6.07, 6.45) is 5.85. The molecule has 9 heteroatoms. The Bertz CT molecular complexity index is 1340. The van der Waals surface area contributed by atoms with E-state index in [9.17, 15) is 13.2 Å². The Morgan fingerprint density at radius 3 is 2.62 bits per heavy atom. The molecule has 1 aliphatic rings. The molecule has 0 saturated carbocycles. The summed E-state index contributed by atoms with van der Waals surface area (Å²) in [5.41, 5.74) is 5.84. The lowest BCUT2D eigenvalue weighted by molar-refractivity contribution is 0.0959. The lowest BCUT2D eigenvalue weighted by Crippen LogP contribution is -2.16. The fourth-order valence-electron chi connectivity index (χ4n) is 3.80. The quantitative estimate of drug-likeness (QED) is 0.287. The van der Waals surface area contributed by atoms with Gasteiger partial charge in [0.15, 0.2) is 11.5 Å². The molecule has 4 rings (SSSR count). The van der Waals surface area contributed by atoms with E-state index in [1.165, 1.54) is 47.6 Å². The average molecular weight is 499 g/mol. The van der Waals surface area contributed by atoms with Gasteiger partial charge in [-0.05, 0) is 92.1 Å². The molecule has 0 saturated heterocycles. The highest BCUT2D eigenvalue weighted by atomic mass is 32.2. The highest BCUT2D eigenvalue weighted by molar-refractivity contribution is 7.87. The summed E-state index contributed by atoms with van der Waals surface area (Å²) in [7, 11) is -2.62. The zero-order valence-electron chi connectivity index (χ0n) is 19.3. The number of ether oxygens (including phenoxy) is 1. The van der Waals surface area contributed by atoms with Gasteiger partial charge in [-0.2, -0.15) is 13.5 Å². The summed E-state index contributed by atoms with van der Waals surface area (Å²) in [6, 6.07) is 11.8. The van der Waals surface area contributed by atoms with Crippen molar-refractivity contribution >= 4 is 33.6 Å². The second kappa shape index (κ2) is 9.99. The van der Waals surface area contributed by atoms with Crippen molar-refractivity contribution in [3.8, 4) is 11.5 Å². The van der Waals surface area contributed by atoms with Crippen LogP contribution in [-0.2, 0) is 23.0 Å². The SMILES string of the molecule is COc1cc(/C=N/NC(=O)c2cc3c(s2)CCCC3)ccc1OS(=O)(=O)c1cc(C)ccc1C. The number of methoxy groups -OCH3 is 1. The zero-order chi connectivity index (χ0) is 24.3. The first-order valence-electron chi connectivity index (χ1n) is 10.9. The molecule has 0 spiro atoms. The fraction of sp³-hybridized carbons (Fsp3) is 0.280. The van der Waals surface area contributed by atoms with Crippen LogP contribution in [0, 0.1) is 13.8 Å². The monoisotopic (exact) mass is 498 g/mol. The van der Waals surface area contributed by atoms with Crippen molar-refractivity contribution < 1.29 is 22.1 Å². The Balaban J connectivity index is 1.46. The second-order valence-corrected chi connectivity index (χ2v) is 10.8. The Morgan fingerprint density at radius 2 is 1.85 bits per heavy atom. The summed E-state index contributed by atoms with van der Waals surface area (Å²) in [4.78, 5) is 14.5. The number of nitrogens with one attached hydrogen (secondary N) is 1. The van der Waals surface area contributed by atoms with Gasteiger partial charge in [-0.15, -0.1) is 11.3 Å². The van der Waals surface area contributed by atoms with Crippen LogP contribution in [0.25, 0.3) is 0 Å². The normalized spacial score (nSPS) is 13.5.